The first-order chi connectivity index (χ1) is 9.02. The van der Waals surface area contributed by atoms with E-state index in [2.05, 4.69) is 11.9 Å². The Hall–Kier alpha value is -2.00. The Morgan fingerprint density at radius 2 is 2.16 bits per heavy atom. The third-order valence-electron chi connectivity index (χ3n) is 2.84. The fraction of sp³-hybridized carbons (Fsp3) is 0.133. The maximum absolute atomic E-state index is 11.7. The van der Waals surface area contributed by atoms with Crippen molar-refractivity contribution in [2.75, 3.05) is 7.11 Å². The fourth-order valence-corrected chi connectivity index (χ4v) is 2.12. The zero-order valence-electron chi connectivity index (χ0n) is 10.8. The van der Waals surface area contributed by atoms with E-state index in [1.807, 2.05) is 6.08 Å². The van der Waals surface area contributed by atoms with Gasteiger partial charge in [0.05, 0.1) is 7.11 Å². The molecule has 2 rings (SSSR count). The van der Waals surface area contributed by atoms with Crippen molar-refractivity contribution < 1.29 is 9.53 Å². The molecular weight excluding hydrogens is 262 g/mol. The van der Waals surface area contributed by atoms with Gasteiger partial charge in [-0.15, -0.1) is 0 Å². The number of halogens is 1. The number of nitrogens with one attached hydrogen (secondary N) is 1. The Labute approximate surface area is 117 Å². The summed E-state index contributed by atoms with van der Waals surface area (Å²) in [5.74, 6) is 0.615. The molecule has 0 atom stereocenters. The highest BCUT2D eigenvalue weighted by Crippen LogP contribution is 2.31. The van der Waals surface area contributed by atoms with E-state index in [4.69, 9.17) is 16.3 Å². The third kappa shape index (κ3) is 2.71. The first-order valence-corrected chi connectivity index (χ1v) is 6.13. The average molecular weight is 276 g/mol. The van der Waals surface area contributed by atoms with Gasteiger partial charge in [-0.1, -0.05) is 18.2 Å². The topological polar surface area (TPSA) is 38.3 Å². The highest BCUT2D eigenvalue weighted by molar-refractivity contribution is 6.31. The molecule has 0 spiro atoms. The SMILES string of the molecule is C=C1C=C(c2cc(Cl)ccc2C(C)=O)C(OC)=CN1. The van der Waals surface area contributed by atoms with E-state index in [0.29, 0.717) is 16.3 Å². The van der Waals surface area contributed by atoms with Gasteiger partial charge in [0, 0.05) is 28.1 Å². The second-order valence-electron chi connectivity index (χ2n) is 4.19. The molecule has 0 aliphatic carbocycles. The van der Waals surface area contributed by atoms with Crippen LogP contribution in [0.15, 0.2) is 48.5 Å². The monoisotopic (exact) mass is 275 g/mol. The average Bonchev–Trinajstić information content (AvgIpc) is 2.38. The number of carbonyl (C=O) groups excluding carboxylic acids is 1. The molecule has 4 heteroatoms. The molecule has 1 aromatic carbocycles. The van der Waals surface area contributed by atoms with E-state index in [1.54, 1.807) is 31.5 Å². The van der Waals surface area contributed by atoms with Crippen LogP contribution in [0.5, 0.6) is 0 Å². The van der Waals surface area contributed by atoms with Crippen LogP contribution >= 0.6 is 11.6 Å². The minimum absolute atomic E-state index is 0.0211. The first-order valence-electron chi connectivity index (χ1n) is 5.75. The highest BCUT2D eigenvalue weighted by atomic mass is 35.5. The van der Waals surface area contributed by atoms with Gasteiger partial charge < -0.3 is 10.1 Å². The zero-order chi connectivity index (χ0) is 14.0. The Morgan fingerprint density at radius 1 is 1.42 bits per heavy atom. The summed E-state index contributed by atoms with van der Waals surface area (Å²) in [6, 6.07) is 5.18. The van der Waals surface area contributed by atoms with Crippen LogP contribution in [0.4, 0.5) is 0 Å². The maximum atomic E-state index is 11.7. The minimum Gasteiger partial charge on any atom is -0.495 e. The van der Waals surface area contributed by atoms with Crippen LogP contribution in [-0.4, -0.2) is 12.9 Å². The van der Waals surface area contributed by atoms with Gasteiger partial charge in [-0.25, -0.2) is 0 Å². The third-order valence-corrected chi connectivity index (χ3v) is 3.08. The van der Waals surface area contributed by atoms with Gasteiger partial charge in [-0.2, -0.15) is 0 Å². The second kappa shape index (κ2) is 5.33. The van der Waals surface area contributed by atoms with E-state index in [1.165, 1.54) is 6.92 Å². The van der Waals surface area contributed by atoms with Crippen molar-refractivity contribution >= 4 is 23.0 Å². The molecule has 1 N–H and O–H groups in total. The molecule has 0 bridgehead atoms. The Morgan fingerprint density at radius 3 is 2.79 bits per heavy atom. The quantitative estimate of drug-likeness (QED) is 0.858. The van der Waals surface area contributed by atoms with Gasteiger partial charge in [0.2, 0.25) is 0 Å². The fourth-order valence-electron chi connectivity index (χ4n) is 1.95. The van der Waals surface area contributed by atoms with Crippen molar-refractivity contribution in [3.05, 3.63) is 64.7 Å². The number of ketones is 1. The number of carbonyl (C=O) groups is 1. The standard InChI is InChI=1S/C15H14ClNO2/c1-9-6-14(15(19-3)8-17-9)13-7-11(16)4-5-12(13)10(2)18/h4-8,17H,1H2,2-3H3. The van der Waals surface area contributed by atoms with Crippen molar-refractivity contribution in [1.29, 1.82) is 0 Å². The lowest BCUT2D eigenvalue weighted by Crippen LogP contribution is -2.12. The van der Waals surface area contributed by atoms with E-state index in [-0.39, 0.29) is 5.78 Å². The van der Waals surface area contributed by atoms with Crippen molar-refractivity contribution in [2.45, 2.75) is 6.92 Å². The molecule has 98 valence electrons. The summed E-state index contributed by atoms with van der Waals surface area (Å²) in [5.41, 5.74) is 2.87. The van der Waals surface area contributed by atoms with Crippen molar-refractivity contribution in [1.82, 2.24) is 5.32 Å². The highest BCUT2D eigenvalue weighted by Gasteiger charge is 2.18. The normalized spacial score (nSPS) is 14.4. The molecule has 3 nitrogen and oxygen atoms in total. The largest absolute Gasteiger partial charge is 0.495 e. The van der Waals surface area contributed by atoms with Crippen molar-refractivity contribution in [3.8, 4) is 0 Å². The van der Waals surface area contributed by atoms with E-state index in [9.17, 15) is 4.79 Å². The summed E-state index contributed by atoms with van der Waals surface area (Å²) < 4.78 is 5.32. The molecule has 0 amide bonds. The Kier molecular flexibility index (Phi) is 3.76. The minimum atomic E-state index is -0.0211. The predicted molar refractivity (Wildman–Crippen MR) is 76.8 cm³/mol. The van der Waals surface area contributed by atoms with E-state index < -0.39 is 0 Å². The van der Waals surface area contributed by atoms with Gasteiger partial charge >= 0.3 is 0 Å². The van der Waals surface area contributed by atoms with Gasteiger partial charge in [0.25, 0.3) is 0 Å². The molecule has 1 aromatic rings. The number of hydrogen-bond acceptors (Lipinski definition) is 3. The number of rotatable bonds is 3. The summed E-state index contributed by atoms with van der Waals surface area (Å²) >= 11 is 6.03. The lowest BCUT2D eigenvalue weighted by molar-refractivity contribution is 0.101. The lowest BCUT2D eigenvalue weighted by Gasteiger charge is -2.19. The first kappa shape index (κ1) is 13.4. The molecule has 0 aromatic heterocycles. The summed E-state index contributed by atoms with van der Waals surface area (Å²) in [6.45, 7) is 5.38. The molecular formula is C15H14ClNO2. The number of dihydropyridines is 1. The van der Waals surface area contributed by atoms with Crippen LogP contribution in [0.3, 0.4) is 0 Å². The van der Waals surface area contributed by atoms with Crippen LogP contribution in [0.1, 0.15) is 22.8 Å². The van der Waals surface area contributed by atoms with Gasteiger partial charge in [0.1, 0.15) is 5.76 Å². The molecule has 0 fully saturated rings. The van der Waals surface area contributed by atoms with Gasteiger partial charge in [-0.3, -0.25) is 4.79 Å². The number of ether oxygens (including phenoxy) is 1. The zero-order valence-corrected chi connectivity index (χ0v) is 11.5. The van der Waals surface area contributed by atoms with Crippen LogP contribution in [0.25, 0.3) is 5.57 Å². The number of allylic oxidation sites excluding steroid dienone is 2. The molecule has 0 saturated carbocycles. The molecule has 1 heterocycles. The predicted octanol–water partition coefficient (Wildman–Crippen LogP) is 3.53. The molecule has 1 aliphatic heterocycles. The summed E-state index contributed by atoms with van der Waals surface area (Å²) in [5, 5.41) is 3.54. The van der Waals surface area contributed by atoms with Crippen LogP contribution in [0, 0.1) is 0 Å². The van der Waals surface area contributed by atoms with Crippen LogP contribution in [0.2, 0.25) is 5.02 Å². The van der Waals surface area contributed by atoms with E-state index >= 15 is 0 Å². The van der Waals surface area contributed by atoms with E-state index in [0.717, 1.165) is 16.8 Å². The second-order valence-corrected chi connectivity index (χ2v) is 4.62. The maximum Gasteiger partial charge on any atom is 0.160 e. The smallest absolute Gasteiger partial charge is 0.160 e. The molecule has 19 heavy (non-hydrogen) atoms. The Bertz CT molecular complexity index is 615. The van der Waals surface area contributed by atoms with Crippen molar-refractivity contribution in [3.63, 3.8) is 0 Å². The number of Topliss-reactive ketones (excluding diaryl/α,β-unsaturated/α-hetero) is 1. The number of benzene rings is 1. The van der Waals surface area contributed by atoms with Gasteiger partial charge in [0.15, 0.2) is 5.78 Å². The van der Waals surface area contributed by atoms with Crippen LogP contribution in [-0.2, 0) is 4.74 Å². The molecule has 0 unspecified atom stereocenters. The molecule has 0 radical (unpaired) electrons. The lowest BCUT2D eigenvalue weighted by atomic mass is 9.94. The van der Waals surface area contributed by atoms with Crippen LogP contribution < -0.4 is 5.32 Å². The summed E-state index contributed by atoms with van der Waals surface area (Å²) in [6.07, 6.45) is 3.54. The summed E-state index contributed by atoms with van der Waals surface area (Å²) in [4.78, 5) is 11.7. The Balaban J connectivity index is 2.62. The van der Waals surface area contributed by atoms with Crippen molar-refractivity contribution in [2.24, 2.45) is 0 Å². The summed E-state index contributed by atoms with van der Waals surface area (Å²) in [7, 11) is 1.58. The molecule has 0 saturated heterocycles. The number of hydrogen-bond donors (Lipinski definition) is 1. The molecule has 1 aliphatic rings. The number of methoxy groups -OCH3 is 1. The van der Waals surface area contributed by atoms with Gasteiger partial charge in [-0.05, 0) is 36.8 Å².